The number of benzene rings is 1. The van der Waals surface area contributed by atoms with E-state index in [1.807, 2.05) is 6.07 Å². The Bertz CT molecular complexity index is 440. The van der Waals surface area contributed by atoms with Gasteiger partial charge in [-0.05, 0) is 55.3 Å². The number of rotatable bonds is 1. The quantitative estimate of drug-likeness (QED) is 0.829. The lowest BCUT2D eigenvalue weighted by molar-refractivity contribution is 0.0198. The topological polar surface area (TPSA) is 35.2 Å². The first-order chi connectivity index (χ1) is 8.78. The molecule has 2 nitrogen and oxygen atoms in total. The van der Waals surface area contributed by atoms with Crippen LogP contribution in [0, 0.1) is 11.7 Å². The van der Waals surface area contributed by atoms with E-state index in [0.29, 0.717) is 12.5 Å². The van der Waals surface area contributed by atoms with Crippen LogP contribution in [0.4, 0.5) is 4.39 Å². The summed E-state index contributed by atoms with van der Waals surface area (Å²) in [6, 6.07) is 5.49. The molecule has 3 rings (SSSR count). The molecular formula is C15H20FNO. The highest BCUT2D eigenvalue weighted by atomic mass is 19.1. The van der Waals surface area contributed by atoms with Crippen molar-refractivity contribution in [1.29, 1.82) is 0 Å². The van der Waals surface area contributed by atoms with Crippen LogP contribution in [0.1, 0.15) is 30.4 Å². The smallest absolute Gasteiger partial charge is 0.127 e. The Morgan fingerprint density at radius 2 is 2.11 bits per heavy atom. The molecule has 1 atom stereocenters. The van der Waals surface area contributed by atoms with Gasteiger partial charge in [-0.25, -0.2) is 4.39 Å². The van der Waals surface area contributed by atoms with Crippen molar-refractivity contribution in [2.45, 2.75) is 31.1 Å². The lowest BCUT2D eigenvalue weighted by Crippen LogP contribution is -2.47. The summed E-state index contributed by atoms with van der Waals surface area (Å²) in [6.45, 7) is 2.10. The van der Waals surface area contributed by atoms with Gasteiger partial charge in [0.25, 0.3) is 0 Å². The van der Waals surface area contributed by atoms with Gasteiger partial charge in [0, 0.05) is 18.6 Å². The summed E-state index contributed by atoms with van der Waals surface area (Å²) >= 11 is 0. The van der Waals surface area contributed by atoms with Gasteiger partial charge in [0.05, 0.1) is 0 Å². The van der Waals surface area contributed by atoms with Crippen molar-refractivity contribution in [3.8, 4) is 0 Å². The molecular weight excluding hydrogens is 229 g/mol. The van der Waals surface area contributed by atoms with Crippen molar-refractivity contribution in [3.05, 3.63) is 35.1 Å². The number of hydrogen-bond acceptors (Lipinski definition) is 2. The summed E-state index contributed by atoms with van der Waals surface area (Å²) in [5.41, 5.74) is 8.00. The number of hydrogen-bond donors (Lipinski definition) is 1. The maximum absolute atomic E-state index is 14.3. The van der Waals surface area contributed by atoms with Crippen molar-refractivity contribution in [2.24, 2.45) is 11.7 Å². The molecule has 1 spiro atoms. The van der Waals surface area contributed by atoms with E-state index in [-0.39, 0.29) is 11.2 Å². The number of aryl methyl sites for hydroxylation is 1. The minimum atomic E-state index is -0.0775. The van der Waals surface area contributed by atoms with Crippen LogP contribution >= 0.6 is 0 Å². The molecule has 1 heterocycles. The van der Waals surface area contributed by atoms with Gasteiger partial charge in [0.1, 0.15) is 5.82 Å². The van der Waals surface area contributed by atoms with Crippen LogP contribution < -0.4 is 5.73 Å². The Hall–Kier alpha value is -0.930. The molecule has 1 aliphatic carbocycles. The highest BCUT2D eigenvalue weighted by molar-refractivity contribution is 5.39. The van der Waals surface area contributed by atoms with E-state index in [1.165, 1.54) is 5.56 Å². The average Bonchev–Trinajstić information content (AvgIpc) is 2.40. The van der Waals surface area contributed by atoms with E-state index in [9.17, 15) is 4.39 Å². The van der Waals surface area contributed by atoms with Crippen molar-refractivity contribution in [2.75, 3.05) is 19.8 Å². The molecule has 0 radical (unpaired) electrons. The van der Waals surface area contributed by atoms with Gasteiger partial charge in [-0.1, -0.05) is 12.1 Å². The van der Waals surface area contributed by atoms with Gasteiger partial charge < -0.3 is 10.5 Å². The molecule has 0 amide bonds. The molecule has 0 saturated carbocycles. The Morgan fingerprint density at radius 1 is 1.33 bits per heavy atom. The van der Waals surface area contributed by atoms with Gasteiger partial charge in [0.2, 0.25) is 0 Å². The first-order valence-electron chi connectivity index (χ1n) is 6.83. The van der Waals surface area contributed by atoms with Crippen molar-refractivity contribution < 1.29 is 9.13 Å². The van der Waals surface area contributed by atoms with E-state index in [2.05, 4.69) is 6.07 Å². The predicted octanol–water partition coefficient (Wildman–Crippen LogP) is 2.40. The molecule has 1 unspecified atom stereocenters. The molecule has 18 heavy (non-hydrogen) atoms. The summed E-state index contributed by atoms with van der Waals surface area (Å²) in [5.74, 6) is 0.346. The molecule has 1 aliphatic heterocycles. The maximum Gasteiger partial charge on any atom is 0.127 e. The number of ether oxygens (including phenoxy) is 1. The highest BCUT2D eigenvalue weighted by Gasteiger charge is 2.46. The van der Waals surface area contributed by atoms with Crippen molar-refractivity contribution in [1.82, 2.24) is 0 Å². The van der Waals surface area contributed by atoms with Crippen molar-refractivity contribution >= 4 is 0 Å². The van der Waals surface area contributed by atoms with Crippen LogP contribution in [0.5, 0.6) is 0 Å². The van der Waals surface area contributed by atoms with Crippen molar-refractivity contribution in [3.63, 3.8) is 0 Å². The van der Waals surface area contributed by atoms with E-state index in [1.54, 1.807) is 6.07 Å². The van der Waals surface area contributed by atoms with E-state index < -0.39 is 0 Å². The fraction of sp³-hybridized carbons (Fsp3) is 0.600. The largest absolute Gasteiger partial charge is 0.381 e. The Labute approximate surface area is 107 Å². The van der Waals surface area contributed by atoms with Gasteiger partial charge in [0.15, 0.2) is 0 Å². The third-order valence-corrected chi connectivity index (χ3v) is 4.81. The normalized spacial score (nSPS) is 26.0. The molecule has 2 aliphatic rings. The minimum absolute atomic E-state index is 0.0486. The lowest BCUT2D eigenvalue weighted by Gasteiger charge is -2.47. The van der Waals surface area contributed by atoms with Crippen LogP contribution in [-0.4, -0.2) is 19.8 Å². The zero-order valence-corrected chi connectivity index (χ0v) is 10.6. The second kappa shape index (κ2) is 4.63. The third kappa shape index (κ3) is 1.69. The minimum Gasteiger partial charge on any atom is -0.381 e. The highest BCUT2D eigenvalue weighted by Crippen LogP contribution is 2.48. The summed E-state index contributed by atoms with van der Waals surface area (Å²) in [4.78, 5) is 0. The lowest BCUT2D eigenvalue weighted by atomic mass is 9.59. The molecule has 0 bridgehead atoms. The van der Waals surface area contributed by atoms with Crippen LogP contribution in [0.25, 0.3) is 0 Å². The van der Waals surface area contributed by atoms with Crippen LogP contribution in [0.2, 0.25) is 0 Å². The van der Waals surface area contributed by atoms with E-state index in [4.69, 9.17) is 10.5 Å². The SMILES string of the molecule is NCC1CCc2cccc(F)c2C12CCOCC2. The number of halogens is 1. The summed E-state index contributed by atoms with van der Waals surface area (Å²) in [6.07, 6.45) is 3.84. The standard InChI is InChI=1S/C15H20FNO/c16-13-3-1-2-11-4-5-12(10-17)15(14(11)13)6-8-18-9-7-15/h1-3,12H,4-10,17H2. The molecule has 1 saturated heterocycles. The molecule has 2 N–H and O–H groups in total. The Balaban J connectivity index is 2.13. The first kappa shape index (κ1) is 12.1. The summed E-state index contributed by atoms with van der Waals surface area (Å²) in [7, 11) is 0. The fourth-order valence-electron chi connectivity index (χ4n) is 3.88. The zero-order valence-electron chi connectivity index (χ0n) is 10.6. The molecule has 1 fully saturated rings. The monoisotopic (exact) mass is 249 g/mol. The molecule has 1 aromatic rings. The van der Waals surface area contributed by atoms with Gasteiger partial charge >= 0.3 is 0 Å². The summed E-state index contributed by atoms with van der Waals surface area (Å²) in [5, 5.41) is 0. The van der Waals surface area contributed by atoms with E-state index >= 15 is 0 Å². The van der Waals surface area contributed by atoms with Crippen LogP contribution in [-0.2, 0) is 16.6 Å². The second-order valence-corrected chi connectivity index (χ2v) is 5.51. The maximum atomic E-state index is 14.3. The molecule has 0 aromatic heterocycles. The van der Waals surface area contributed by atoms with Gasteiger partial charge in [-0.15, -0.1) is 0 Å². The fourth-order valence-corrected chi connectivity index (χ4v) is 3.88. The zero-order chi connectivity index (χ0) is 12.6. The molecule has 98 valence electrons. The summed E-state index contributed by atoms with van der Waals surface area (Å²) < 4.78 is 19.8. The Kier molecular flexibility index (Phi) is 3.12. The molecule has 3 heteroatoms. The van der Waals surface area contributed by atoms with Crippen LogP contribution in [0.3, 0.4) is 0 Å². The van der Waals surface area contributed by atoms with E-state index in [0.717, 1.165) is 44.5 Å². The Morgan fingerprint density at radius 3 is 2.83 bits per heavy atom. The van der Waals surface area contributed by atoms with Gasteiger partial charge in [-0.2, -0.15) is 0 Å². The average molecular weight is 249 g/mol. The van der Waals surface area contributed by atoms with Gasteiger partial charge in [-0.3, -0.25) is 0 Å². The first-order valence-corrected chi connectivity index (χ1v) is 6.83. The third-order valence-electron chi connectivity index (χ3n) is 4.81. The molecule has 1 aromatic carbocycles. The second-order valence-electron chi connectivity index (χ2n) is 5.51. The number of nitrogens with two attached hydrogens (primary N) is 1. The predicted molar refractivity (Wildman–Crippen MR) is 69.0 cm³/mol. The number of fused-ring (bicyclic) bond motifs is 2. The van der Waals surface area contributed by atoms with Crippen LogP contribution in [0.15, 0.2) is 18.2 Å².